The maximum Gasteiger partial charge on any atom is 0.0635 e. The van der Waals surface area contributed by atoms with Crippen LogP contribution in [0.3, 0.4) is 0 Å². The van der Waals surface area contributed by atoms with Crippen LogP contribution in [0.1, 0.15) is 24.8 Å². The van der Waals surface area contributed by atoms with Crippen LogP contribution in [0.25, 0.3) is 0 Å². The zero-order valence-electron chi connectivity index (χ0n) is 10.2. The minimum atomic E-state index is 0.197. The van der Waals surface area contributed by atoms with Crippen LogP contribution in [-0.4, -0.2) is 21.4 Å². The average molecular weight is 375 g/mol. The summed E-state index contributed by atoms with van der Waals surface area (Å²) in [6, 6.07) is 10.4. The monoisotopic (exact) mass is 374 g/mol. The van der Waals surface area contributed by atoms with E-state index >= 15 is 0 Å². The molecule has 0 unspecified atom stereocenters. The van der Waals surface area contributed by atoms with E-state index < -0.39 is 0 Å². The molecule has 1 saturated heterocycles. The fourth-order valence-corrected chi connectivity index (χ4v) is 3.06. The molecule has 96 valence electrons. The summed E-state index contributed by atoms with van der Waals surface area (Å²) in [4.78, 5) is 2.46. The van der Waals surface area contributed by atoms with Gasteiger partial charge in [-0.25, -0.2) is 0 Å². The van der Waals surface area contributed by atoms with Gasteiger partial charge in [0.1, 0.15) is 0 Å². The summed E-state index contributed by atoms with van der Waals surface area (Å²) in [6.07, 6.45) is 2.88. The molecule has 0 amide bonds. The zero-order valence-corrected chi connectivity index (χ0v) is 13.1. The third-order valence-corrected chi connectivity index (χ3v) is 5.18. The Morgan fingerprint density at radius 2 is 1.89 bits per heavy atom. The van der Waals surface area contributed by atoms with Crippen molar-refractivity contribution in [3.63, 3.8) is 0 Å². The number of hydrogen-bond donors (Lipinski definition) is 0. The van der Waals surface area contributed by atoms with E-state index in [-0.39, 0.29) is 3.42 Å². The minimum absolute atomic E-state index is 0.197. The van der Waals surface area contributed by atoms with Crippen molar-refractivity contribution < 1.29 is 0 Å². The van der Waals surface area contributed by atoms with Crippen LogP contribution in [0.2, 0.25) is 5.02 Å². The van der Waals surface area contributed by atoms with Crippen LogP contribution < -0.4 is 0 Å². The van der Waals surface area contributed by atoms with Crippen LogP contribution in [-0.2, 0) is 6.54 Å². The first-order valence-corrected chi connectivity index (χ1v) is 7.60. The number of nitriles is 1. The van der Waals surface area contributed by atoms with E-state index in [9.17, 15) is 0 Å². The van der Waals surface area contributed by atoms with E-state index in [1.807, 2.05) is 12.1 Å². The second kappa shape index (κ2) is 6.23. The van der Waals surface area contributed by atoms with Crippen LogP contribution in [0, 0.1) is 11.3 Å². The van der Waals surface area contributed by atoms with Gasteiger partial charge in [-0.1, -0.05) is 46.3 Å². The smallest absolute Gasteiger partial charge is 0.0635 e. The number of nitrogens with zero attached hydrogens (tertiary/aromatic N) is 2. The van der Waals surface area contributed by atoms with E-state index in [2.05, 4.69) is 45.7 Å². The Balaban J connectivity index is 1.87. The molecule has 1 heterocycles. The number of halogens is 2. The third kappa shape index (κ3) is 3.84. The third-order valence-electron chi connectivity index (χ3n) is 3.47. The molecule has 0 saturated carbocycles. The Morgan fingerprint density at radius 3 is 2.44 bits per heavy atom. The van der Waals surface area contributed by atoms with Crippen molar-refractivity contribution in [2.24, 2.45) is 0 Å². The molecule has 0 spiro atoms. The molecule has 2 nitrogen and oxygen atoms in total. The predicted molar refractivity (Wildman–Crippen MR) is 82.9 cm³/mol. The number of alkyl halides is 1. The van der Waals surface area contributed by atoms with Gasteiger partial charge >= 0.3 is 0 Å². The van der Waals surface area contributed by atoms with Crippen molar-refractivity contribution in [1.82, 2.24) is 4.90 Å². The summed E-state index contributed by atoms with van der Waals surface area (Å²) in [7, 11) is 0. The van der Waals surface area contributed by atoms with Gasteiger partial charge in [-0.15, -0.1) is 0 Å². The Bertz CT molecular complexity index is 430. The highest BCUT2D eigenvalue weighted by Gasteiger charge is 2.31. The van der Waals surface area contributed by atoms with E-state index in [1.165, 1.54) is 5.56 Å². The van der Waals surface area contributed by atoms with Crippen molar-refractivity contribution in [1.29, 1.82) is 5.26 Å². The summed E-state index contributed by atoms with van der Waals surface area (Å²) in [5, 5.41) is 9.62. The molecule has 4 heteroatoms. The van der Waals surface area contributed by atoms with Crippen LogP contribution in [0.5, 0.6) is 0 Å². The van der Waals surface area contributed by atoms with Crippen molar-refractivity contribution >= 4 is 34.2 Å². The topological polar surface area (TPSA) is 27.0 Å². The molecule has 0 atom stereocenters. The van der Waals surface area contributed by atoms with Gasteiger partial charge in [-0.05, 0) is 43.6 Å². The van der Waals surface area contributed by atoms with E-state index in [0.29, 0.717) is 6.42 Å². The first-order chi connectivity index (χ1) is 8.61. The van der Waals surface area contributed by atoms with Gasteiger partial charge in [0, 0.05) is 21.4 Å². The summed E-state index contributed by atoms with van der Waals surface area (Å²) < 4.78 is 0.197. The first kappa shape index (κ1) is 14.1. The summed E-state index contributed by atoms with van der Waals surface area (Å²) in [5.41, 5.74) is 1.31. The first-order valence-electron chi connectivity index (χ1n) is 6.14. The number of benzene rings is 1. The van der Waals surface area contributed by atoms with Crippen LogP contribution in [0.4, 0.5) is 0 Å². The highest BCUT2D eigenvalue weighted by atomic mass is 127. The Kier molecular flexibility index (Phi) is 4.88. The maximum atomic E-state index is 8.83. The van der Waals surface area contributed by atoms with Crippen molar-refractivity contribution in [3.8, 4) is 6.07 Å². The van der Waals surface area contributed by atoms with Gasteiger partial charge in [0.25, 0.3) is 0 Å². The SMILES string of the molecule is N#CCC1(I)CCN(Cc2ccc(Cl)cc2)CC1. The Hall–Kier alpha value is -0.310. The van der Waals surface area contributed by atoms with Crippen molar-refractivity contribution in [3.05, 3.63) is 34.9 Å². The number of hydrogen-bond acceptors (Lipinski definition) is 2. The molecule has 1 aromatic rings. The second-order valence-electron chi connectivity index (χ2n) is 4.89. The quantitative estimate of drug-likeness (QED) is 0.590. The zero-order chi connectivity index (χ0) is 13.0. The normalized spacial score (nSPS) is 19.4. The van der Waals surface area contributed by atoms with Crippen molar-refractivity contribution in [2.75, 3.05) is 13.1 Å². The second-order valence-corrected chi connectivity index (χ2v) is 7.61. The predicted octanol–water partition coefficient (Wildman–Crippen LogP) is 4.02. The molecule has 0 bridgehead atoms. The average Bonchev–Trinajstić information content (AvgIpc) is 2.35. The highest BCUT2D eigenvalue weighted by molar-refractivity contribution is 14.1. The molecule has 1 fully saturated rings. The van der Waals surface area contributed by atoms with Gasteiger partial charge in [0.2, 0.25) is 0 Å². The lowest BCUT2D eigenvalue weighted by Crippen LogP contribution is -2.40. The van der Waals surface area contributed by atoms with E-state index in [1.54, 1.807) is 0 Å². The molecule has 1 aliphatic heterocycles. The molecule has 1 aliphatic rings. The number of rotatable bonds is 3. The molecule has 0 N–H and O–H groups in total. The molecule has 18 heavy (non-hydrogen) atoms. The lowest BCUT2D eigenvalue weighted by Gasteiger charge is -2.36. The fraction of sp³-hybridized carbons (Fsp3) is 0.500. The van der Waals surface area contributed by atoms with E-state index in [0.717, 1.165) is 37.5 Å². The largest absolute Gasteiger partial charge is 0.299 e. The Morgan fingerprint density at radius 1 is 1.28 bits per heavy atom. The molecule has 1 aromatic carbocycles. The van der Waals surface area contributed by atoms with Gasteiger partial charge in [-0.3, -0.25) is 4.90 Å². The van der Waals surface area contributed by atoms with Crippen LogP contribution in [0.15, 0.2) is 24.3 Å². The molecule has 0 aromatic heterocycles. The van der Waals surface area contributed by atoms with Gasteiger partial charge < -0.3 is 0 Å². The van der Waals surface area contributed by atoms with E-state index in [4.69, 9.17) is 16.9 Å². The van der Waals surface area contributed by atoms with Gasteiger partial charge in [0.05, 0.1) is 6.07 Å². The van der Waals surface area contributed by atoms with Crippen molar-refractivity contribution in [2.45, 2.75) is 29.2 Å². The molecule has 0 radical (unpaired) electrons. The molecular weight excluding hydrogens is 359 g/mol. The number of piperidine rings is 1. The van der Waals surface area contributed by atoms with Gasteiger partial charge in [0.15, 0.2) is 0 Å². The van der Waals surface area contributed by atoms with Gasteiger partial charge in [-0.2, -0.15) is 5.26 Å². The van der Waals surface area contributed by atoms with Crippen LogP contribution >= 0.6 is 34.2 Å². The molecule has 0 aliphatic carbocycles. The summed E-state index contributed by atoms with van der Waals surface area (Å²) in [5.74, 6) is 0. The highest BCUT2D eigenvalue weighted by Crippen LogP contribution is 2.35. The lowest BCUT2D eigenvalue weighted by atomic mass is 9.94. The minimum Gasteiger partial charge on any atom is -0.299 e. The standard InChI is InChI=1S/C14H16ClIN2/c15-13-3-1-12(2-4-13)11-18-9-6-14(16,5-8-17)7-10-18/h1-4H,5-7,9-11H2. The molecule has 2 rings (SSSR count). The maximum absolute atomic E-state index is 8.83. The summed E-state index contributed by atoms with van der Waals surface area (Å²) in [6.45, 7) is 3.14. The summed E-state index contributed by atoms with van der Waals surface area (Å²) >= 11 is 8.35. The molecular formula is C14H16ClIN2. The lowest BCUT2D eigenvalue weighted by molar-refractivity contribution is 0.199. The fourth-order valence-electron chi connectivity index (χ4n) is 2.28. The Labute approximate surface area is 127 Å². The number of likely N-dealkylation sites (tertiary alicyclic amines) is 1.